The molecule has 0 aromatic heterocycles. The van der Waals surface area contributed by atoms with Gasteiger partial charge in [0.15, 0.2) is 0 Å². The van der Waals surface area contributed by atoms with Crippen LogP contribution in [0.2, 0.25) is 0 Å². The van der Waals surface area contributed by atoms with Crippen molar-refractivity contribution in [1.29, 1.82) is 0 Å². The molecule has 0 heterocycles. The highest BCUT2D eigenvalue weighted by Gasteiger charge is 1.91. The molecule has 0 unspecified atom stereocenters. The highest BCUT2D eigenvalue weighted by molar-refractivity contribution is 5.12. The summed E-state index contributed by atoms with van der Waals surface area (Å²) in [6.07, 6.45) is 6.56. The molecule has 0 amide bonds. The van der Waals surface area contributed by atoms with Crippen LogP contribution < -0.4 is 0 Å². The van der Waals surface area contributed by atoms with Crippen LogP contribution in [0.4, 0.5) is 0 Å². The second-order valence-electron chi connectivity index (χ2n) is 3.20. The van der Waals surface area contributed by atoms with Gasteiger partial charge >= 0.3 is 0 Å². The smallest absolute Gasteiger partial charge is 0.0149 e. The summed E-state index contributed by atoms with van der Waals surface area (Å²) >= 11 is 0. The largest absolute Gasteiger partial charge is 0.0654 e. The van der Waals surface area contributed by atoms with E-state index in [2.05, 4.69) is 25.1 Å². The lowest BCUT2D eigenvalue weighted by molar-refractivity contribution is 0.666. The fourth-order valence-electron chi connectivity index (χ4n) is 1.33. The average Bonchev–Trinajstić information content (AvgIpc) is 2.14. The minimum absolute atomic E-state index is 1.20. The Kier molecular flexibility index (Phi) is 4.51. The molecule has 0 aliphatic rings. The third kappa shape index (κ3) is 3.56. The number of aryl methyl sites for hydroxylation is 1. The van der Waals surface area contributed by atoms with E-state index in [1.54, 1.807) is 0 Å². The molecule has 0 saturated heterocycles. The maximum absolute atomic E-state index is 3.25. The minimum atomic E-state index is 1.20. The van der Waals surface area contributed by atoms with Crippen molar-refractivity contribution in [3.05, 3.63) is 35.9 Å². The molecule has 1 rings (SSSR count). The highest BCUT2D eigenvalue weighted by atomic mass is 14.0. The normalized spacial score (nSPS) is 10.1. The number of hydrogen-bond acceptors (Lipinski definition) is 0. The molecule has 1 radical (unpaired) electrons. The SMILES string of the molecule is CCCCCCc1[c]cccc1. The van der Waals surface area contributed by atoms with Gasteiger partial charge in [-0.2, -0.15) is 0 Å². The van der Waals surface area contributed by atoms with Gasteiger partial charge in [-0.25, -0.2) is 0 Å². The first-order valence-corrected chi connectivity index (χ1v) is 4.89. The molecular formula is C12H17. The van der Waals surface area contributed by atoms with Gasteiger partial charge in [0, 0.05) is 0 Å². The molecule has 12 heavy (non-hydrogen) atoms. The average molecular weight is 161 g/mol. The van der Waals surface area contributed by atoms with E-state index in [-0.39, 0.29) is 0 Å². The van der Waals surface area contributed by atoms with E-state index in [9.17, 15) is 0 Å². The van der Waals surface area contributed by atoms with Gasteiger partial charge in [-0.15, -0.1) is 0 Å². The molecule has 1 aromatic rings. The Balaban J connectivity index is 2.16. The van der Waals surface area contributed by atoms with Crippen molar-refractivity contribution in [1.82, 2.24) is 0 Å². The molecule has 0 bridgehead atoms. The van der Waals surface area contributed by atoms with Crippen LogP contribution in [0.1, 0.15) is 38.2 Å². The second kappa shape index (κ2) is 5.82. The van der Waals surface area contributed by atoms with Gasteiger partial charge in [0.2, 0.25) is 0 Å². The first-order valence-electron chi connectivity index (χ1n) is 4.89. The van der Waals surface area contributed by atoms with Crippen LogP contribution in [0, 0.1) is 6.07 Å². The van der Waals surface area contributed by atoms with Crippen molar-refractivity contribution in [2.45, 2.75) is 39.0 Å². The van der Waals surface area contributed by atoms with Crippen LogP contribution in [-0.4, -0.2) is 0 Å². The molecule has 0 N–H and O–H groups in total. The van der Waals surface area contributed by atoms with Gasteiger partial charge in [-0.3, -0.25) is 0 Å². The summed E-state index contributed by atoms with van der Waals surface area (Å²) in [7, 11) is 0. The van der Waals surface area contributed by atoms with Gasteiger partial charge in [0.25, 0.3) is 0 Å². The molecule has 0 aliphatic heterocycles. The fraction of sp³-hybridized carbons (Fsp3) is 0.500. The Morgan fingerprint density at radius 2 is 2.08 bits per heavy atom. The molecule has 65 valence electrons. The third-order valence-corrected chi connectivity index (χ3v) is 2.07. The van der Waals surface area contributed by atoms with Crippen molar-refractivity contribution in [2.24, 2.45) is 0 Å². The zero-order valence-electron chi connectivity index (χ0n) is 7.84. The Labute approximate surface area is 75.6 Å². The Bertz CT molecular complexity index is 188. The molecule has 0 aliphatic carbocycles. The van der Waals surface area contributed by atoms with Crippen LogP contribution in [0.15, 0.2) is 24.3 Å². The summed E-state index contributed by atoms with van der Waals surface area (Å²) in [6.45, 7) is 2.24. The van der Waals surface area contributed by atoms with Gasteiger partial charge in [0.1, 0.15) is 0 Å². The summed E-state index contributed by atoms with van der Waals surface area (Å²) in [6, 6.07) is 11.5. The first kappa shape index (κ1) is 9.31. The van der Waals surface area contributed by atoms with Crippen LogP contribution in [-0.2, 0) is 6.42 Å². The molecule has 0 heteroatoms. The van der Waals surface area contributed by atoms with Gasteiger partial charge in [-0.05, 0) is 24.5 Å². The van der Waals surface area contributed by atoms with Crippen molar-refractivity contribution < 1.29 is 0 Å². The van der Waals surface area contributed by atoms with E-state index >= 15 is 0 Å². The number of rotatable bonds is 5. The number of hydrogen-bond donors (Lipinski definition) is 0. The Morgan fingerprint density at radius 3 is 2.75 bits per heavy atom. The topological polar surface area (TPSA) is 0 Å². The van der Waals surface area contributed by atoms with E-state index in [0.29, 0.717) is 0 Å². The standard InChI is InChI=1S/C12H17/c1-2-3-4-6-9-12-10-7-5-8-11-12/h5,7-8,10H,2-4,6,9H2,1H3. The highest BCUT2D eigenvalue weighted by Crippen LogP contribution is 2.06. The van der Waals surface area contributed by atoms with E-state index in [1.807, 2.05) is 12.1 Å². The van der Waals surface area contributed by atoms with Crippen LogP contribution in [0.25, 0.3) is 0 Å². The molecule has 0 spiro atoms. The summed E-state index contributed by atoms with van der Waals surface area (Å²) in [5.41, 5.74) is 1.36. The maximum Gasteiger partial charge on any atom is -0.0149 e. The van der Waals surface area contributed by atoms with Gasteiger partial charge < -0.3 is 0 Å². The lowest BCUT2D eigenvalue weighted by atomic mass is 10.1. The summed E-state index contributed by atoms with van der Waals surface area (Å²) in [4.78, 5) is 0. The first-order chi connectivity index (χ1) is 5.93. The molecule has 0 saturated carbocycles. The third-order valence-electron chi connectivity index (χ3n) is 2.07. The van der Waals surface area contributed by atoms with Crippen molar-refractivity contribution in [2.75, 3.05) is 0 Å². The Morgan fingerprint density at radius 1 is 1.17 bits per heavy atom. The van der Waals surface area contributed by atoms with Gasteiger partial charge in [-0.1, -0.05) is 50.5 Å². The molecule has 0 atom stereocenters. The summed E-state index contributed by atoms with van der Waals surface area (Å²) in [5.74, 6) is 0. The molecule has 1 aromatic carbocycles. The predicted molar refractivity (Wildman–Crippen MR) is 53.1 cm³/mol. The van der Waals surface area contributed by atoms with E-state index in [1.165, 1.54) is 37.7 Å². The number of unbranched alkanes of at least 4 members (excludes halogenated alkanes) is 3. The quantitative estimate of drug-likeness (QED) is 0.579. The van der Waals surface area contributed by atoms with E-state index in [0.717, 1.165) is 0 Å². The van der Waals surface area contributed by atoms with Crippen molar-refractivity contribution in [3.63, 3.8) is 0 Å². The lowest BCUT2D eigenvalue weighted by Gasteiger charge is -1.99. The van der Waals surface area contributed by atoms with Crippen LogP contribution in [0.5, 0.6) is 0 Å². The monoisotopic (exact) mass is 161 g/mol. The van der Waals surface area contributed by atoms with Crippen molar-refractivity contribution >= 4 is 0 Å². The molecule has 0 fully saturated rings. The van der Waals surface area contributed by atoms with Crippen LogP contribution >= 0.6 is 0 Å². The zero-order valence-corrected chi connectivity index (χ0v) is 7.84. The van der Waals surface area contributed by atoms with Crippen LogP contribution in [0.3, 0.4) is 0 Å². The summed E-state index contributed by atoms with van der Waals surface area (Å²) in [5, 5.41) is 0. The molecular weight excluding hydrogens is 144 g/mol. The maximum atomic E-state index is 3.25. The predicted octanol–water partition coefficient (Wildman–Crippen LogP) is 3.61. The molecule has 0 nitrogen and oxygen atoms in total. The van der Waals surface area contributed by atoms with E-state index < -0.39 is 0 Å². The zero-order chi connectivity index (χ0) is 8.65. The number of benzene rings is 1. The Hall–Kier alpha value is -0.780. The second-order valence-corrected chi connectivity index (χ2v) is 3.20. The fourth-order valence-corrected chi connectivity index (χ4v) is 1.33. The van der Waals surface area contributed by atoms with E-state index in [4.69, 9.17) is 0 Å². The minimum Gasteiger partial charge on any atom is -0.0654 e. The summed E-state index contributed by atoms with van der Waals surface area (Å²) < 4.78 is 0. The lowest BCUT2D eigenvalue weighted by Crippen LogP contribution is -1.84. The van der Waals surface area contributed by atoms with Gasteiger partial charge in [0.05, 0.1) is 0 Å². The van der Waals surface area contributed by atoms with Crippen molar-refractivity contribution in [3.8, 4) is 0 Å².